The molecule has 1 aliphatic rings. The number of anilines is 1. The highest BCUT2D eigenvalue weighted by molar-refractivity contribution is 5.97. The van der Waals surface area contributed by atoms with Gasteiger partial charge in [0.05, 0.1) is 5.56 Å². The van der Waals surface area contributed by atoms with Crippen LogP contribution in [0.4, 0.5) is 5.69 Å². The zero-order valence-corrected chi connectivity index (χ0v) is 12.7. The Bertz CT molecular complexity index is 531. The van der Waals surface area contributed by atoms with Crippen LogP contribution in [0.15, 0.2) is 24.3 Å². The second-order valence-electron chi connectivity index (χ2n) is 6.43. The summed E-state index contributed by atoms with van der Waals surface area (Å²) in [7, 11) is 0. The lowest BCUT2D eigenvalue weighted by molar-refractivity contribution is -0.126. The molecule has 1 amide bonds. The summed E-state index contributed by atoms with van der Waals surface area (Å²) in [5.41, 5.74) is 0.472. The standard InChI is InChI=1S/C17H23NO3/c1-12(2)11-17(8-3-4-9-17)16(21)18-14-7-5-6-13(10-14)15(19)20/h5-7,10,12H,3-4,8-9,11H2,1-2H3,(H,18,21)(H,19,20). The number of hydrogen-bond donors (Lipinski definition) is 2. The van der Waals surface area contributed by atoms with Gasteiger partial charge in [-0.3, -0.25) is 4.79 Å². The number of carbonyl (C=O) groups is 2. The molecule has 0 aromatic heterocycles. The van der Waals surface area contributed by atoms with Crippen LogP contribution < -0.4 is 5.32 Å². The number of amides is 1. The van der Waals surface area contributed by atoms with Gasteiger partial charge < -0.3 is 10.4 Å². The van der Waals surface area contributed by atoms with E-state index in [1.54, 1.807) is 12.1 Å². The number of carboxylic acid groups (broad SMARTS) is 1. The highest BCUT2D eigenvalue weighted by Gasteiger charge is 2.41. The molecular formula is C17H23NO3. The first-order chi connectivity index (χ1) is 9.93. The fourth-order valence-corrected chi connectivity index (χ4v) is 3.35. The lowest BCUT2D eigenvalue weighted by Gasteiger charge is -2.29. The number of aromatic carboxylic acids is 1. The molecule has 2 rings (SSSR count). The lowest BCUT2D eigenvalue weighted by Crippen LogP contribution is -2.35. The summed E-state index contributed by atoms with van der Waals surface area (Å²) in [5.74, 6) is -0.473. The molecule has 0 bridgehead atoms. The molecule has 0 saturated heterocycles. The SMILES string of the molecule is CC(C)CC1(C(=O)Nc2cccc(C(=O)O)c2)CCCC1. The van der Waals surface area contributed by atoms with E-state index in [9.17, 15) is 9.59 Å². The van der Waals surface area contributed by atoms with Crippen molar-refractivity contribution < 1.29 is 14.7 Å². The monoisotopic (exact) mass is 289 g/mol. The predicted molar refractivity (Wildman–Crippen MR) is 82.4 cm³/mol. The van der Waals surface area contributed by atoms with Gasteiger partial charge in [0.25, 0.3) is 0 Å². The summed E-state index contributed by atoms with van der Waals surface area (Å²) in [6.07, 6.45) is 4.92. The molecule has 0 atom stereocenters. The lowest BCUT2D eigenvalue weighted by atomic mass is 9.77. The molecule has 1 aromatic rings. The Morgan fingerprint density at radius 1 is 1.29 bits per heavy atom. The first-order valence-corrected chi connectivity index (χ1v) is 7.58. The van der Waals surface area contributed by atoms with E-state index in [0.29, 0.717) is 11.6 Å². The van der Waals surface area contributed by atoms with Gasteiger partial charge in [-0.2, -0.15) is 0 Å². The molecule has 1 fully saturated rings. The van der Waals surface area contributed by atoms with Crippen LogP contribution in [-0.4, -0.2) is 17.0 Å². The van der Waals surface area contributed by atoms with E-state index in [1.165, 1.54) is 12.1 Å². The van der Waals surface area contributed by atoms with E-state index in [0.717, 1.165) is 32.1 Å². The van der Waals surface area contributed by atoms with Crippen molar-refractivity contribution in [2.75, 3.05) is 5.32 Å². The van der Waals surface area contributed by atoms with E-state index >= 15 is 0 Å². The molecule has 2 N–H and O–H groups in total. The average Bonchev–Trinajstić information content (AvgIpc) is 2.88. The second-order valence-corrected chi connectivity index (χ2v) is 6.43. The number of benzene rings is 1. The molecule has 0 spiro atoms. The summed E-state index contributed by atoms with van der Waals surface area (Å²) in [4.78, 5) is 23.7. The molecule has 4 nitrogen and oxygen atoms in total. The Morgan fingerprint density at radius 3 is 2.52 bits per heavy atom. The zero-order valence-electron chi connectivity index (χ0n) is 12.7. The van der Waals surface area contributed by atoms with E-state index < -0.39 is 5.97 Å². The van der Waals surface area contributed by atoms with Gasteiger partial charge in [-0.05, 0) is 43.4 Å². The number of carbonyl (C=O) groups excluding carboxylic acids is 1. The van der Waals surface area contributed by atoms with Crippen LogP contribution in [0.1, 0.15) is 56.3 Å². The van der Waals surface area contributed by atoms with Crippen LogP contribution in [0.5, 0.6) is 0 Å². The summed E-state index contributed by atoms with van der Waals surface area (Å²) in [6, 6.07) is 6.43. The van der Waals surface area contributed by atoms with Crippen molar-refractivity contribution in [1.82, 2.24) is 0 Å². The molecule has 0 aliphatic heterocycles. The quantitative estimate of drug-likeness (QED) is 0.863. The van der Waals surface area contributed by atoms with E-state index in [-0.39, 0.29) is 16.9 Å². The second kappa shape index (κ2) is 6.29. The molecule has 1 saturated carbocycles. The molecule has 0 heterocycles. The van der Waals surface area contributed by atoms with Gasteiger partial charge in [-0.25, -0.2) is 4.79 Å². The normalized spacial score (nSPS) is 16.9. The van der Waals surface area contributed by atoms with Gasteiger partial charge in [-0.1, -0.05) is 32.8 Å². The minimum Gasteiger partial charge on any atom is -0.478 e. The Morgan fingerprint density at radius 2 is 1.95 bits per heavy atom. The summed E-state index contributed by atoms with van der Waals surface area (Å²) >= 11 is 0. The third-order valence-corrected chi connectivity index (χ3v) is 4.21. The minimum absolute atomic E-state index is 0.0382. The smallest absolute Gasteiger partial charge is 0.335 e. The minimum atomic E-state index is -0.983. The zero-order chi connectivity index (χ0) is 15.5. The highest BCUT2D eigenvalue weighted by atomic mass is 16.4. The van der Waals surface area contributed by atoms with E-state index in [4.69, 9.17) is 5.11 Å². The third kappa shape index (κ3) is 3.63. The van der Waals surface area contributed by atoms with Gasteiger partial charge in [0.2, 0.25) is 5.91 Å². The van der Waals surface area contributed by atoms with Crippen molar-refractivity contribution in [3.8, 4) is 0 Å². The van der Waals surface area contributed by atoms with Crippen LogP contribution >= 0.6 is 0 Å². The Labute approximate surface area is 125 Å². The maximum Gasteiger partial charge on any atom is 0.335 e. The van der Waals surface area contributed by atoms with E-state index in [2.05, 4.69) is 19.2 Å². The van der Waals surface area contributed by atoms with Gasteiger partial charge in [0.1, 0.15) is 0 Å². The van der Waals surface area contributed by atoms with Crippen LogP contribution in [-0.2, 0) is 4.79 Å². The van der Waals surface area contributed by atoms with Crippen LogP contribution in [0.25, 0.3) is 0 Å². The van der Waals surface area contributed by atoms with Crippen molar-refractivity contribution in [2.24, 2.45) is 11.3 Å². The van der Waals surface area contributed by atoms with Crippen molar-refractivity contribution in [2.45, 2.75) is 46.0 Å². The molecule has 114 valence electrons. The topological polar surface area (TPSA) is 66.4 Å². The first kappa shape index (κ1) is 15.5. The highest BCUT2D eigenvalue weighted by Crippen LogP contribution is 2.44. The fourth-order valence-electron chi connectivity index (χ4n) is 3.35. The maximum atomic E-state index is 12.7. The summed E-state index contributed by atoms with van der Waals surface area (Å²) in [6.45, 7) is 4.27. The third-order valence-electron chi connectivity index (χ3n) is 4.21. The number of rotatable bonds is 5. The summed E-state index contributed by atoms with van der Waals surface area (Å²) < 4.78 is 0. The summed E-state index contributed by atoms with van der Waals surface area (Å²) in [5, 5.41) is 11.9. The molecular weight excluding hydrogens is 266 g/mol. The van der Waals surface area contributed by atoms with Gasteiger partial charge in [0, 0.05) is 11.1 Å². The maximum absolute atomic E-state index is 12.7. The predicted octanol–water partition coefficient (Wildman–Crippen LogP) is 3.93. The molecule has 0 unspecified atom stereocenters. The molecule has 0 radical (unpaired) electrons. The van der Waals surface area contributed by atoms with Gasteiger partial charge in [0.15, 0.2) is 0 Å². The van der Waals surface area contributed by atoms with Gasteiger partial charge >= 0.3 is 5.97 Å². The van der Waals surface area contributed by atoms with Gasteiger partial charge in [-0.15, -0.1) is 0 Å². The van der Waals surface area contributed by atoms with Crippen molar-refractivity contribution in [3.63, 3.8) is 0 Å². The Kier molecular flexibility index (Phi) is 4.66. The molecule has 4 heteroatoms. The Balaban J connectivity index is 2.15. The fraction of sp³-hybridized carbons (Fsp3) is 0.529. The number of hydrogen-bond acceptors (Lipinski definition) is 2. The molecule has 1 aromatic carbocycles. The molecule has 21 heavy (non-hydrogen) atoms. The number of nitrogens with one attached hydrogen (secondary N) is 1. The van der Waals surface area contributed by atoms with Crippen molar-refractivity contribution in [1.29, 1.82) is 0 Å². The van der Waals surface area contributed by atoms with Crippen molar-refractivity contribution >= 4 is 17.6 Å². The average molecular weight is 289 g/mol. The van der Waals surface area contributed by atoms with Crippen LogP contribution in [0.3, 0.4) is 0 Å². The molecule has 1 aliphatic carbocycles. The first-order valence-electron chi connectivity index (χ1n) is 7.58. The van der Waals surface area contributed by atoms with E-state index in [1.807, 2.05) is 0 Å². The van der Waals surface area contributed by atoms with Crippen LogP contribution in [0, 0.1) is 11.3 Å². The Hall–Kier alpha value is -1.84. The van der Waals surface area contributed by atoms with Crippen molar-refractivity contribution in [3.05, 3.63) is 29.8 Å². The van der Waals surface area contributed by atoms with Crippen LogP contribution in [0.2, 0.25) is 0 Å². The largest absolute Gasteiger partial charge is 0.478 e. The number of carboxylic acids is 1.